The summed E-state index contributed by atoms with van der Waals surface area (Å²) in [7, 11) is 0. The van der Waals surface area contributed by atoms with Crippen molar-refractivity contribution in [2.75, 3.05) is 6.54 Å². The summed E-state index contributed by atoms with van der Waals surface area (Å²) in [6.45, 7) is 9.12. The lowest BCUT2D eigenvalue weighted by Crippen LogP contribution is -2.25. The van der Waals surface area contributed by atoms with E-state index in [9.17, 15) is 4.79 Å². The first-order valence-corrected chi connectivity index (χ1v) is 6.71. The molecule has 2 N–H and O–H groups in total. The van der Waals surface area contributed by atoms with Crippen LogP contribution in [0, 0.1) is 5.92 Å². The molecular formula is C13H24N4O. The molecule has 1 aromatic rings. The average Bonchev–Trinajstić information content (AvgIpc) is 2.77. The zero-order chi connectivity index (χ0) is 13.5. The second kappa shape index (κ2) is 7.13. The van der Waals surface area contributed by atoms with E-state index < -0.39 is 0 Å². The van der Waals surface area contributed by atoms with Crippen LogP contribution in [0.4, 0.5) is 0 Å². The molecule has 0 unspecified atom stereocenters. The number of nitrogens with one attached hydrogen (secondary N) is 2. The number of nitrogens with zero attached hydrogens (tertiary/aromatic N) is 2. The quantitative estimate of drug-likeness (QED) is 0.732. The van der Waals surface area contributed by atoms with E-state index in [0.717, 1.165) is 24.6 Å². The van der Waals surface area contributed by atoms with E-state index in [2.05, 4.69) is 34.3 Å². The number of carbonyl (C=O) groups excluding carboxylic acids is 1. The van der Waals surface area contributed by atoms with Gasteiger partial charge in [-0.15, -0.1) is 5.10 Å². The number of hydrogen-bond acceptors (Lipinski definition) is 3. The first-order valence-electron chi connectivity index (χ1n) is 6.71. The van der Waals surface area contributed by atoms with Crippen molar-refractivity contribution in [2.45, 2.75) is 52.9 Å². The first kappa shape index (κ1) is 14.7. The van der Waals surface area contributed by atoms with Gasteiger partial charge in [-0.05, 0) is 12.3 Å². The van der Waals surface area contributed by atoms with Gasteiger partial charge in [0, 0.05) is 12.5 Å². The summed E-state index contributed by atoms with van der Waals surface area (Å²) in [5.41, 5.74) is 0. The molecule has 5 heteroatoms. The monoisotopic (exact) mass is 252 g/mol. The van der Waals surface area contributed by atoms with E-state index in [0.29, 0.717) is 6.54 Å². The van der Waals surface area contributed by atoms with E-state index >= 15 is 0 Å². The Morgan fingerprint density at radius 1 is 1.28 bits per heavy atom. The molecule has 1 amide bonds. The Kier molecular flexibility index (Phi) is 5.82. The van der Waals surface area contributed by atoms with Crippen LogP contribution in [0.3, 0.4) is 0 Å². The van der Waals surface area contributed by atoms with Crippen LogP contribution in [0.2, 0.25) is 0 Å². The highest BCUT2D eigenvalue weighted by molar-refractivity contribution is 5.90. The summed E-state index contributed by atoms with van der Waals surface area (Å²) in [5.74, 6) is 1.78. The molecule has 0 aliphatic rings. The van der Waals surface area contributed by atoms with Gasteiger partial charge < -0.3 is 5.32 Å². The lowest BCUT2D eigenvalue weighted by Gasteiger charge is -2.04. The molecule has 0 radical (unpaired) electrons. The number of carbonyl (C=O) groups is 1. The second-order valence-electron chi connectivity index (χ2n) is 5.34. The van der Waals surface area contributed by atoms with Gasteiger partial charge in [0.05, 0.1) is 0 Å². The highest BCUT2D eigenvalue weighted by Crippen LogP contribution is 2.08. The molecule has 1 rings (SSSR count). The Morgan fingerprint density at radius 3 is 2.56 bits per heavy atom. The van der Waals surface area contributed by atoms with Crippen molar-refractivity contribution in [3.05, 3.63) is 11.6 Å². The molecule has 102 valence electrons. The van der Waals surface area contributed by atoms with E-state index in [1.54, 1.807) is 0 Å². The Bertz CT molecular complexity index is 371. The third-order valence-electron chi connectivity index (χ3n) is 2.75. The zero-order valence-corrected chi connectivity index (χ0v) is 11.8. The Morgan fingerprint density at radius 2 is 2.00 bits per heavy atom. The van der Waals surface area contributed by atoms with Crippen LogP contribution in [0.25, 0.3) is 0 Å². The van der Waals surface area contributed by atoms with Crippen LogP contribution >= 0.6 is 0 Å². The topological polar surface area (TPSA) is 70.7 Å². The molecule has 0 aliphatic carbocycles. The van der Waals surface area contributed by atoms with Crippen LogP contribution < -0.4 is 5.32 Å². The van der Waals surface area contributed by atoms with Gasteiger partial charge in [0.1, 0.15) is 5.82 Å². The minimum atomic E-state index is -0.192. The summed E-state index contributed by atoms with van der Waals surface area (Å²) in [6.07, 6.45) is 3.35. The Labute approximate surface area is 109 Å². The minimum absolute atomic E-state index is 0.192. The van der Waals surface area contributed by atoms with Gasteiger partial charge in [0.2, 0.25) is 5.82 Å². The van der Waals surface area contributed by atoms with Crippen molar-refractivity contribution in [3.63, 3.8) is 0 Å². The van der Waals surface area contributed by atoms with Crippen molar-refractivity contribution in [3.8, 4) is 0 Å². The molecule has 1 aromatic heterocycles. The molecule has 1 heterocycles. The fraction of sp³-hybridized carbons (Fsp3) is 0.769. The van der Waals surface area contributed by atoms with Crippen molar-refractivity contribution in [2.24, 2.45) is 5.92 Å². The summed E-state index contributed by atoms with van der Waals surface area (Å²) in [4.78, 5) is 15.9. The van der Waals surface area contributed by atoms with Gasteiger partial charge in [-0.1, -0.05) is 40.5 Å². The van der Waals surface area contributed by atoms with Crippen LogP contribution in [0.1, 0.15) is 69.3 Å². The number of aromatic nitrogens is 3. The third-order valence-corrected chi connectivity index (χ3v) is 2.75. The highest BCUT2D eigenvalue weighted by Gasteiger charge is 2.13. The molecule has 0 saturated heterocycles. The third kappa shape index (κ3) is 4.85. The van der Waals surface area contributed by atoms with Gasteiger partial charge in [0.25, 0.3) is 5.91 Å². The maximum atomic E-state index is 11.7. The van der Waals surface area contributed by atoms with E-state index in [4.69, 9.17) is 0 Å². The molecule has 0 saturated carbocycles. The second-order valence-corrected chi connectivity index (χ2v) is 5.34. The van der Waals surface area contributed by atoms with Gasteiger partial charge >= 0.3 is 0 Å². The Balaban J connectivity index is 2.27. The molecule has 0 aliphatic heterocycles. The van der Waals surface area contributed by atoms with Crippen molar-refractivity contribution >= 4 is 5.91 Å². The fourth-order valence-corrected chi connectivity index (χ4v) is 1.59. The number of rotatable bonds is 7. The van der Waals surface area contributed by atoms with Gasteiger partial charge in [0.15, 0.2) is 0 Å². The van der Waals surface area contributed by atoms with Gasteiger partial charge in [-0.3, -0.25) is 9.89 Å². The predicted molar refractivity (Wildman–Crippen MR) is 71.5 cm³/mol. The lowest BCUT2D eigenvalue weighted by atomic mass is 10.1. The van der Waals surface area contributed by atoms with E-state index in [1.807, 2.05) is 13.8 Å². The van der Waals surface area contributed by atoms with Crippen LogP contribution in [-0.2, 0) is 0 Å². The molecule has 0 fully saturated rings. The number of aromatic amines is 1. The largest absolute Gasteiger partial charge is 0.349 e. The highest BCUT2D eigenvalue weighted by atomic mass is 16.2. The first-order chi connectivity index (χ1) is 8.50. The van der Waals surface area contributed by atoms with E-state index in [1.165, 1.54) is 6.42 Å². The lowest BCUT2D eigenvalue weighted by molar-refractivity contribution is 0.0943. The van der Waals surface area contributed by atoms with Crippen molar-refractivity contribution in [1.29, 1.82) is 0 Å². The Hall–Kier alpha value is -1.39. The number of H-pyrrole nitrogens is 1. The minimum Gasteiger partial charge on any atom is -0.349 e. The fourth-order valence-electron chi connectivity index (χ4n) is 1.59. The van der Waals surface area contributed by atoms with Crippen molar-refractivity contribution < 1.29 is 4.79 Å². The predicted octanol–water partition coefficient (Wildman–Crippen LogP) is 2.48. The number of hydrogen-bond donors (Lipinski definition) is 2. The smallest absolute Gasteiger partial charge is 0.290 e. The SMILES string of the molecule is CC(C)CCCCNC(=O)c1n[nH]c(C(C)C)n1. The van der Waals surface area contributed by atoms with Gasteiger partial charge in [-0.2, -0.15) is 0 Å². The number of unbranched alkanes of at least 4 members (excludes halogenated alkanes) is 1. The molecule has 0 bridgehead atoms. The normalized spacial score (nSPS) is 11.2. The van der Waals surface area contributed by atoms with Crippen LogP contribution in [-0.4, -0.2) is 27.6 Å². The van der Waals surface area contributed by atoms with Gasteiger partial charge in [-0.25, -0.2) is 4.98 Å². The van der Waals surface area contributed by atoms with Crippen LogP contribution in [0.5, 0.6) is 0 Å². The molecule has 0 atom stereocenters. The maximum Gasteiger partial charge on any atom is 0.290 e. The molecule has 5 nitrogen and oxygen atoms in total. The molecular weight excluding hydrogens is 228 g/mol. The number of amides is 1. The molecule has 0 aromatic carbocycles. The van der Waals surface area contributed by atoms with Crippen molar-refractivity contribution in [1.82, 2.24) is 20.5 Å². The van der Waals surface area contributed by atoms with Crippen LogP contribution in [0.15, 0.2) is 0 Å². The maximum absolute atomic E-state index is 11.7. The summed E-state index contributed by atoms with van der Waals surface area (Å²) >= 11 is 0. The molecule has 18 heavy (non-hydrogen) atoms. The summed E-state index contributed by atoms with van der Waals surface area (Å²) in [5, 5.41) is 9.54. The standard InChI is InChI=1S/C13H24N4O/c1-9(2)7-5-6-8-14-13(18)12-15-11(10(3)4)16-17-12/h9-10H,5-8H2,1-4H3,(H,14,18)(H,15,16,17). The molecule has 0 spiro atoms. The zero-order valence-electron chi connectivity index (χ0n) is 11.8. The van der Waals surface area contributed by atoms with E-state index in [-0.39, 0.29) is 17.6 Å². The summed E-state index contributed by atoms with van der Waals surface area (Å²) in [6, 6.07) is 0. The average molecular weight is 252 g/mol. The summed E-state index contributed by atoms with van der Waals surface area (Å²) < 4.78 is 0.